The van der Waals surface area contributed by atoms with E-state index in [2.05, 4.69) is 15.3 Å². The van der Waals surface area contributed by atoms with Crippen molar-refractivity contribution in [2.45, 2.75) is 12.5 Å². The van der Waals surface area contributed by atoms with E-state index in [1.54, 1.807) is 35.4 Å². The Morgan fingerprint density at radius 3 is 2.76 bits per heavy atom. The Morgan fingerprint density at radius 1 is 1.38 bits per heavy atom. The Morgan fingerprint density at radius 2 is 2.19 bits per heavy atom. The van der Waals surface area contributed by atoms with E-state index in [1.807, 2.05) is 0 Å². The Balaban J connectivity index is 1.90. The Hall–Kier alpha value is -2.74. The molecule has 0 saturated carbocycles. The second-order valence-corrected chi connectivity index (χ2v) is 4.27. The molecular formula is C13H14N4O4. The highest BCUT2D eigenvalue weighted by Crippen LogP contribution is 2.05. The molecular weight excluding hydrogens is 276 g/mol. The lowest BCUT2D eigenvalue weighted by Gasteiger charge is -2.07. The van der Waals surface area contributed by atoms with E-state index in [1.165, 1.54) is 6.20 Å². The number of aromatic nitrogens is 3. The van der Waals surface area contributed by atoms with E-state index in [9.17, 15) is 9.59 Å². The minimum absolute atomic E-state index is 0.0539. The number of aliphatic hydroxyl groups excluding tert-OH is 1. The quantitative estimate of drug-likeness (QED) is 0.680. The highest BCUT2D eigenvalue weighted by molar-refractivity contribution is 5.93. The van der Waals surface area contributed by atoms with Crippen LogP contribution in [0.4, 0.5) is 0 Å². The van der Waals surface area contributed by atoms with Gasteiger partial charge in [-0.15, -0.1) is 0 Å². The lowest BCUT2D eigenvalue weighted by Crippen LogP contribution is -2.30. The van der Waals surface area contributed by atoms with Gasteiger partial charge in [0.05, 0.1) is 5.56 Å². The van der Waals surface area contributed by atoms with Gasteiger partial charge in [0, 0.05) is 31.6 Å². The lowest BCUT2D eigenvalue weighted by atomic mass is 10.2. The standard InChI is InChI=1S/C13H14N4O4/c18-10(13(20)21)3-4-15-12(19)9-1-2-11(16-7-9)17-6-5-14-8-17/h1-2,5-8,10,18H,3-4H2,(H,15,19)(H,20,21)/t10-/m0/s1. The largest absolute Gasteiger partial charge is 0.479 e. The number of carboxylic acids is 1. The normalized spacial score (nSPS) is 11.9. The molecule has 0 aliphatic carbocycles. The first-order valence-corrected chi connectivity index (χ1v) is 6.21. The van der Waals surface area contributed by atoms with E-state index >= 15 is 0 Å². The van der Waals surface area contributed by atoms with Gasteiger partial charge in [-0.05, 0) is 12.1 Å². The molecule has 0 aromatic carbocycles. The van der Waals surface area contributed by atoms with Crippen molar-refractivity contribution in [1.82, 2.24) is 19.9 Å². The summed E-state index contributed by atoms with van der Waals surface area (Å²) in [5.74, 6) is -1.06. The van der Waals surface area contributed by atoms with Crippen molar-refractivity contribution in [3.05, 3.63) is 42.6 Å². The maximum atomic E-state index is 11.8. The molecule has 0 fully saturated rings. The van der Waals surface area contributed by atoms with Gasteiger partial charge in [0.2, 0.25) is 0 Å². The molecule has 0 radical (unpaired) electrons. The van der Waals surface area contributed by atoms with Gasteiger partial charge in [0.25, 0.3) is 5.91 Å². The molecule has 2 heterocycles. The van der Waals surface area contributed by atoms with Crippen molar-refractivity contribution in [2.75, 3.05) is 6.54 Å². The smallest absolute Gasteiger partial charge is 0.332 e. The predicted molar refractivity (Wildman–Crippen MR) is 72.0 cm³/mol. The summed E-state index contributed by atoms with van der Waals surface area (Å²) in [6.45, 7) is 0.0651. The number of pyridine rings is 1. The summed E-state index contributed by atoms with van der Waals surface area (Å²) in [6.07, 6.45) is 4.83. The molecule has 0 unspecified atom stereocenters. The van der Waals surface area contributed by atoms with Gasteiger partial charge < -0.3 is 15.5 Å². The minimum atomic E-state index is -1.48. The van der Waals surface area contributed by atoms with E-state index in [0.29, 0.717) is 11.4 Å². The van der Waals surface area contributed by atoms with Crippen LogP contribution in [-0.4, -0.2) is 49.3 Å². The van der Waals surface area contributed by atoms with Crippen LogP contribution in [0.1, 0.15) is 16.8 Å². The molecule has 2 aromatic heterocycles. The third-order valence-corrected chi connectivity index (χ3v) is 2.77. The molecule has 1 atom stereocenters. The van der Waals surface area contributed by atoms with Crippen LogP contribution in [0.15, 0.2) is 37.1 Å². The first-order chi connectivity index (χ1) is 10.1. The second kappa shape index (κ2) is 6.62. The van der Waals surface area contributed by atoms with Gasteiger partial charge in [0.1, 0.15) is 12.1 Å². The van der Waals surface area contributed by atoms with Gasteiger partial charge in [-0.25, -0.2) is 14.8 Å². The van der Waals surface area contributed by atoms with E-state index < -0.39 is 12.1 Å². The molecule has 110 valence electrons. The zero-order valence-corrected chi connectivity index (χ0v) is 11.0. The SMILES string of the molecule is O=C(NCC[C@H](O)C(=O)O)c1ccc(-n2ccnc2)nc1. The summed E-state index contributed by atoms with van der Waals surface area (Å²) in [4.78, 5) is 30.2. The van der Waals surface area contributed by atoms with Crippen molar-refractivity contribution in [1.29, 1.82) is 0 Å². The zero-order valence-electron chi connectivity index (χ0n) is 11.0. The van der Waals surface area contributed by atoms with Crippen molar-refractivity contribution in [3.8, 4) is 5.82 Å². The maximum Gasteiger partial charge on any atom is 0.332 e. The van der Waals surface area contributed by atoms with Crippen LogP contribution in [0, 0.1) is 0 Å². The molecule has 0 bridgehead atoms. The molecule has 0 spiro atoms. The second-order valence-electron chi connectivity index (χ2n) is 4.27. The number of aliphatic carboxylic acids is 1. The van der Waals surface area contributed by atoms with Crippen molar-refractivity contribution < 1.29 is 19.8 Å². The minimum Gasteiger partial charge on any atom is -0.479 e. The fraction of sp³-hybridized carbons (Fsp3) is 0.231. The average molecular weight is 290 g/mol. The molecule has 0 aliphatic heterocycles. The summed E-state index contributed by atoms with van der Waals surface area (Å²) in [5.41, 5.74) is 0.351. The van der Waals surface area contributed by atoms with Crippen molar-refractivity contribution in [2.24, 2.45) is 0 Å². The first-order valence-electron chi connectivity index (χ1n) is 6.21. The monoisotopic (exact) mass is 290 g/mol. The Bertz CT molecular complexity index is 610. The van der Waals surface area contributed by atoms with Crippen LogP contribution in [0.5, 0.6) is 0 Å². The Labute approximate surface area is 120 Å². The molecule has 0 saturated heterocycles. The molecule has 8 nitrogen and oxygen atoms in total. The van der Waals surface area contributed by atoms with Crippen molar-refractivity contribution >= 4 is 11.9 Å². The van der Waals surface area contributed by atoms with Crippen LogP contribution in [-0.2, 0) is 4.79 Å². The average Bonchev–Trinajstić information content (AvgIpc) is 3.01. The summed E-state index contributed by atoms with van der Waals surface area (Å²) < 4.78 is 1.70. The highest BCUT2D eigenvalue weighted by atomic mass is 16.4. The fourth-order valence-corrected chi connectivity index (χ4v) is 1.62. The molecule has 0 aliphatic rings. The number of nitrogens with one attached hydrogen (secondary N) is 1. The zero-order chi connectivity index (χ0) is 15.2. The summed E-state index contributed by atoms with van der Waals surface area (Å²) in [6, 6.07) is 3.27. The topological polar surface area (TPSA) is 117 Å². The molecule has 2 rings (SSSR count). The number of carbonyl (C=O) groups is 2. The van der Waals surface area contributed by atoms with Crippen LogP contribution >= 0.6 is 0 Å². The summed E-state index contributed by atoms with van der Waals surface area (Å²) in [5, 5.41) is 20.1. The number of nitrogens with zero attached hydrogens (tertiary/aromatic N) is 3. The summed E-state index contributed by atoms with van der Waals surface area (Å²) >= 11 is 0. The van der Waals surface area contributed by atoms with E-state index in [-0.39, 0.29) is 18.9 Å². The molecule has 8 heteroatoms. The number of carboxylic acid groups (broad SMARTS) is 1. The van der Waals surface area contributed by atoms with Crippen molar-refractivity contribution in [3.63, 3.8) is 0 Å². The molecule has 1 amide bonds. The number of amides is 1. The number of hydrogen-bond acceptors (Lipinski definition) is 5. The first kappa shape index (κ1) is 14.7. The number of imidazole rings is 1. The van der Waals surface area contributed by atoms with Crippen LogP contribution in [0.2, 0.25) is 0 Å². The fourth-order valence-electron chi connectivity index (χ4n) is 1.62. The number of hydrogen-bond donors (Lipinski definition) is 3. The van der Waals surface area contributed by atoms with Gasteiger partial charge in [-0.1, -0.05) is 0 Å². The van der Waals surface area contributed by atoms with Gasteiger partial charge in [-0.2, -0.15) is 0 Å². The molecule has 2 aromatic rings. The van der Waals surface area contributed by atoms with Crippen LogP contribution in [0.3, 0.4) is 0 Å². The summed E-state index contributed by atoms with van der Waals surface area (Å²) in [7, 11) is 0. The predicted octanol–water partition coefficient (Wildman–Crippen LogP) is -0.167. The van der Waals surface area contributed by atoms with E-state index in [4.69, 9.17) is 10.2 Å². The van der Waals surface area contributed by atoms with Crippen LogP contribution in [0.25, 0.3) is 5.82 Å². The lowest BCUT2D eigenvalue weighted by molar-refractivity contribution is -0.146. The highest BCUT2D eigenvalue weighted by Gasteiger charge is 2.13. The Kier molecular flexibility index (Phi) is 4.62. The van der Waals surface area contributed by atoms with Crippen LogP contribution < -0.4 is 5.32 Å². The van der Waals surface area contributed by atoms with Gasteiger partial charge >= 0.3 is 5.97 Å². The number of rotatable bonds is 6. The third-order valence-electron chi connectivity index (χ3n) is 2.77. The number of carbonyl (C=O) groups excluding carboxylic acids is 1. The maximum absolute atomic E-state index is 11.8. The molecule has 21 heavy (non-hydrogen) atoms. The third kappa shape index (κ3) is 3.86. The van der Waals surface area contributed by atoms with E-state index in [0.717, 1.165) is 0 Å². The van der Waals surface area contributed by atoms with Gasteiger partial charge in [0.15, 0.2) is 6.10 Å². The molecule has 3 N–H and O–H groups in total. The van der Waals surface area contributed by atoms with Gasteiger partial charge in [-0.3, -0.25) is 9.36 Å². The number of aliphatic hydroxyl groups is 1.